The van der Waals surface area contributed by atoms with E-state index in [1.54, 1.807) is 24.3 Å². The molecular weight excluding hydrogens is 562 g/mol. The number of nitrogens with one attached hydrogen (secondary N) is 1. The fourth-order valence-corrected chi connectivity index (χ4v) is 8.68. The highest BCUT2D eigenvalue weighted by atomic mass is 35.5. The summed E-state index contributed by atoms with van der Waals surface area (Å²) < 4.78 is 60.6. The van der Waals surface area contributed by atoms with Gasteiger partial charge in [0.05, 0.1) is 28.5 Å². The number of rotatable bonds is 11. The van der Waals surface area contributed by atoms with Gasteiger partial charge in [0.2, 0.25) is 26.0 Å². The lowest BCUT2D eigenvalue weighted by atomic mass is 9.95. The van der Waals surface area contributed by atoms with Gasteiger partial charge in [-0.1, -0.05) is 43.0 Å². The topological polar surface area (TPSA) is 113 Å². The van der Waals surface area contributed by atoms with Crippen LogP contribution in [0.1, 0.15) is 50.5 Å². The van der Waals surface area contributed by atoms with Gasteiger partial charge in [-0.2, -0.15) is 8.61 Å². The van der Waals surface area contributed by atoms with Crippen molar-refractivity contribution in [3.8, 4) is 5.75 Å². The van der Waals surface area contributed by atoms with Gasteiger partial charge in [0, 0.05) is 25.7 Å². The Labute approximate surface area is 236 Å². The number of ether oxygens (including phenoxy) is 1. The summed E-state index contributed by atoms with van der Waals surface area (Å²) in [6, 6.07) is 10.8. The van der Waals surface area contributed by atoms with Gasteiger partial charge in [0.15, 0.2) is 0 Å². The summed E-state index contributed by atoms with van der Waals surface area (Å²) in [6.07, 6.45) is 6.50. The predicted molar refractivity (Wildman–Crippen MR) is 150 cm³/mol. The van der Waals surface area contributed by atoms with E-state index < -0.39 is 26.0 Å². The molecule has 1 heterocycles. The Balaban J connectivity index is 1.39. The van der Waals surface area contributed by atoms with E-state index in [4.69, 9.17) is 16.3 Å². The van der Waals surface area contributed by atoms with Gasteiger partial charge >= 0.3 is 0 Å². The Morgan fingerprint density at radius 3 is 2.23 bits per heavy atom. The number of benzene rings is 2. The van der Waals surface area contributed by atoms with E-state index in [-0.39, 0.29) is 27.4 Å². The van der Waals surface area contributed by atoms with E-state index in [9.17, 15) is 21.6 Å². The molecule has 1 saturated carbocycles. The zero-order chi connectivity index (χ0) is 28.0. The lowest BCUT2D eigenvalue weighted by Crippen LogP contribution is -2.47. The molecule has 0 bridgehead atoms. The molecule has 1 aliphatic carbocycles. The number of methoxy groups -OCH3 is 1. The van der Waals surface area contributed by atoms with E-state index >= 15 is 0 Å². The molecule has 1 aliphatic heterocycles. The molecule has 12 heteroatoms. The van der Waals surface area contributed by atoms with E-state index in [0.29, 0.717) is 44.6 Å². The van der Waals surface area contributed by atoms with Gasteiger partial charge in [0.25, 0.3) is 0 Å². The zero-order valence-electron chi connectivity index (χ0n) is 22.1. The van der Waals surface area contributed by atoms with Gasteiger partial charge in [-0.05, 0) is 68.0 Å². The second-order valence-corrected chi connectivity index (χ2v) is 14.2. The summed E-state index contributed by atoms with van der Waals surface area (Å²) in [5, 5.41) is 3.01. The van der Waals surface area contributed by atoms with Crippen molar-refractivity contribution in [1.82, 2.24) is 13.9 Å². The SMILES string of the molecule is COc1ccc(S(=O)(=O)N(CC(=O)NCCc2ccc(S(=O)(=O)N3CCCC3)cc2)C2CCCCC2)cc1Cl. The number of hydrogen-bond acceptors (Lipinski definition) is 6. The highest BCUT2D eigenvalue weighted by molar-refractivity contribution is 7.89. The quantitative estimate of drug-likeness (QED) is 0.421. The number of carbonyl (C=O) groups is 1. The van der Waals surface area contributed by atoms with Crippen molar-refractivity contribution < 1.29 is 26.4 Å². The standard InChI is InChI=1S/C27H36ClN3O6S2/c1-37-26-14-13-24(19-25(26)28)39(35,36)31(22-7-3-2-4-8-22)20-27(32)29-16-15-21-9-11-23(12-10-21)38(33,34)30-17-5-6-18-30/h9-14,19,22H,2-8,15-18,20H2,1H3,(H,29,32). The molecule has 4 rings (SSSR count). The van der Waals surface area contributed by atoms with Crippen molar-refractivity contribution >= 4 is 37.6 Å². The first-order chi connectivity index (χ1) is 18.6. The monoisotopic (exact) mass is 597 g/mol. The maximum absolute atomic E-state index is 13.6. The van der Waals surface area contributed by atoms with Crippen LogP contribution in [-0.2, 0) is 31.3 Å². The van der Waals surface area contributed by atoms with E-state index in [2.05, 4.69) is 5.32 Å². The average Bonchev–Trinajstić information content (AvgIpc) is 3.49. The normalized spacial score (nSPS) is 17.4. The Bertz CT molecular complexity index is 1350. The van der Waals surface area contributed by atoms with Crippen LogP contribution in [0.5, 0.6) is 5.75 Å². The Kier molecular flexibility index (Phi) is 9.92. The lowest BCUT2D eigenvalue weighted by molar-refractivity contribution is -0.121. The van der Waals surface area contributed by atoms with Crippen LogP contribution in [0.4, 0.5) is 0 Å². The Hall–Kier alpha value is -2.18. The van der Waals surface area contributed by atoms with Crippen molar-refractivity contribution in [1.29, 1.82) is 0 Å². The summed E-state index contributed by atoms with van der Waals surface area (Å²) in [4.78, 5) is 13.2. The zero-order valence-corrected chi connectivity index (χ0v) is 24.5. The summed E-state index contributed by atoms with van der Waals surface area (Å²) >= 11 is 6.20. The summed E-state index contributed by atoms with van der Waals surface area (Å²) in [5.74, 6) is -0.0174. The third-order valence-corrected chi connectivity index (χ3v) is 11.5. The first kappa shape index (κ1) is 29.8. The molecular formula is C27H36ClN3O6S2. The van der Waals surface area contributed by atoms with Crippen LogP contribution in [0, 0.1) is 0 Å². The average molecular weight is 598 g/mol. The van der Waals surface area contributed by atoms with E-state index in [1.807, 2.05) is 0 Å². The molecule has 2 fully saturated rings. The first-order valence-corrected chi connectivity index (χ1v) is 16.6. The molecule has 0 spiro atoms. The van der Waals surface area contributed by atoms with Gasteiger partial charge in [0.1, 0.15) is 5.75 Å². The minimum absolute atomic E-state index is 0.0237. The van der Waals surface area contributed by atoms with Crippen LogP contribution < -0.4 is 10.1 Å². The van der Waals surface area contributed by atoms with Crippen LogP contribution in [-0.4, -0.2) is 70.7 Å². The molecule has 1 amide bonds. The molecule has 1 N–H and O–H groups in total. The minimum Gasteiger partial charge on any atom is -0.495 e. The second kappa shape index (κ2) is 13.0. The number of hydrogen-bond donors (Lipinski definition) is 1. The smallest absolute Gasteiger partial charge is 0.243 e. The fourth-order valence-electron chi connectivity index (χ4n) is 5.17. The van der Waals surface area contributed by atoms with Crippen molar-refractivity contribution in [2.45, 2.75) is 67.2 Å². The number of halogens is 1. The largest absolute Gasteiger partial charge is 0.495 e. The van der Waals surface area contributed by atoms with Crippen molar-refractivity contribution in [3.05, 3.63) is 53.1 Å². The molecule has 2 aromatic carbocycles. The van der Waals surface area contributed by atoms with Crippen molar-refractivity contribution in [2.75, 3.05) is 33.3 Å². The highest BCUT2D eigenvalue weighted by Crippen LogP contribution is 2.32. The van der Waals surface area contributed by atoms with Crippen LogP contribution in [0.25, 0.3) is 0 Å². The molecule has 0 unspecified atom stereocenters. The van der Waals surface area contributed by atoms with Crippen LogP contribution in [0.2, 0.25) is 5.02 Å². The van der Waals surface area contributed by atoms with E-state index in [1.165, 1.54) is 33.9 Å². The highest BCUT2D eigenvalue weighted by Gasteiger charge is 2.34. The number of sulfonamides is 2. The number of amides is 1. The summed E-state index contributed by atoms with van der Waals surface area (Å²) in [7, 11) is -5.99. The number of carbonyl (C=O) groups excluding carboxylic acids is 1. The molecule has 2 aromatic rings. The molecule has 214 valence electrons. The summed E-state index contributed by atoms with van der Waals surface area (Å²) in [5.41, 5.74) is 0.875. The van der Waals surface area contributed by atoms with Gasteiger partial charge in [-0.15, -0.1) is 0 Å². The molecule has 39 heavy (non-hydrogen) atoms. The van der Waals surface area contributed by atoms with Gasteiger partial charge < -0.3 is 10.1 Å². The lowest BCUT2D eigenvalue weighted by Gasteiger charge is -2.33. The Morgan fingerprint density at radius 1 is 0.974 bits per heavy atom. The maximum Gasteiger partial charge on any atom is 0.243 e. The van der Waals surface area contributed by atoms with Gasteiger partial charge in [-0.25, -0.2) is 16.8 Å². The molecule has 9 nitrogen and oxygen atoms in total. The predicted octanol–water partition coefficient (Wildman–Crippen LogP) is 3.82. The Morgan fingerprint density at radius 2 is 1.62 bits per heavy atom. The fraction of sp³-hybridized carbons (Fsp3) is 0.519. The van der Waals surface area contributed by atoms with Crippen LogP contribution >= 0.6 is 11.6 Å². The third-order valence-electron chi connectivity index (χ3n) is 7.37. The van der Waals surface area contributed by atoms with Crippen molar-refractivity contribution in [3.63, 3.8) is 0 Å². The second-order valence-electron chi connectivity index (χ2n) is 9.99. The molecule has 1 saturated heterocycles. The minimum atomic E-state index is -3.97. The van der Waals surface area contributed by atoms with Crippen LogP contribution in [0.15, 0.2) is 52.3 Å². The third kappa shape index (κ3) is 7.13. The molecule has 2 aliphatic rings. The van der Waals surface area contributed by atoms with Crippen molar-refractivity contribution in [2.24, 2.45) is 0 Å². The summed E-state index contributed by atoms with van der Waals surface area (Å²) in [6.45, 7) is 1.11. The molecule has 0 aromatic heterocycles. The van der Waals surface area contributed by atoms with Crippen LogP contribution in [0.3, 0.4) is 0 Å². The van der Waals surface area contributed by atoms with E-state index in [0.717, 1.165) is 37.7 Å². The molecule has 0 radical (unpaired) electrons. The number of nitrogens with zero attached hydrogens (tertiary/aromatic N) is 2. The maximum atomic E-state index is 13.6. The van der Waals surface area contributed by atoms with Gasteiger partial charge in [-0.3, -0.25) is 4.79 Å². The molecule has 0 atom stereocenters. The first-order valence-electron chi connectivity index (χ1n) is 13.3.